The summed E-state index contributed by atoms with van der Waals surface area (Å²) >= 11 is 0. The van der Waals surface area contributed by atoms with Crippen molar-refractivity contribution in [3.63, 3.8) is 0 Å². The highest BCUT2D eigenvalue weighted by molar-refractivity contribution is 7.92. The number of hydrogen-bond donors (Lipinski definition) is 1. The van der Waals surface area contributed by atoms with Gasteiger partial charge in [-0.1, -0.05) is 18.2 Å². The Morgan fingerprint density at radius 1 is 1.04 bits per heavy atom. The number of sulfonamides is 1. The molecule has 1 aliphatic rings. The fourth-order valence-corrected chi connectivity index (χ4v) is 3.98. The van der Waals surface area contributed by atoms with Crippen molar-refractivity contribution in [3.8, 4) is 0 Å². The number of nitro benzene ring substituents is 1. The predicted octanol–water partition coefficient (Wildman–Crippen LogP) is 3.27. The Balaban J connectivity index is 1.96. The lowest BCUT2D eigenvalue weighted by Crippen LogP contribution is -2.16. The Hall–Kier alpha value is -2.41. The van der Waals surface area contributed by atoms with E-state index in [1.165, 1.54) is 18.2 Å². The van der Waals surface area contributed by atoms with Crippen LogP contribution in [0.2, 0.25) is 0 Å². The number of benzene rings is 2. The van der Waals surface area contributed by atoms with Crippen LogP contribution >= 0.6 is 0 Å². The van der Waals surface area contributed by atoms with Crippen LogP contribution in [-0.2, 0) is 22.9 Å². The van der Waals surface area contributed by atoms with Crippen molar-refractivity contribution in [1.82, 2.24) is 0 Å². The van der Waals surface area contributed by atoms with Crippen molar-refractivity contribution >= 4 is 21.4 Å². The van der Waals surface area contributed by atoms with Crippen LogP contribution in [-0.4, -0.2) is 13.3 Å². The summed E-state index contributed by atoms with van der Waals surface area (Å²) in [7, 11) is -3.86. The van der Waals surface area contributed by atoms with Crippen LogP contribution in [0.4, 0.5) is 11.4 Å². The van der Waals surface area contributed by atoms with Crippen LogP contribution in [0.1, 0.15) is 24.0 Å². The van der Waals surface area contributed by atoms with Gasteiger partial charge in [0.2, 0.25) is 0 Å². The van der Waals surface area contributed by atoms with Crippen molar-refractivity contribution in [2.45, 2.75) is 30.6 Å². The average Bonchev–Trinajstić information content (AvgIpc) is 2.55. The first-order valence-electron chi connectivity index (χ1n) is 7.35. The molecule has 120 valence electrons. The van der Waals surface area contributed by atoms with Crippen molar-refractivity contribution in [2.75, 3.05) is 4.72 Å². The molecule has 6 nitrogen and oxygen atoms in total. The molecule has 0 saturated heterocycles. The van der Waals surface area contributed by atoms with Gasteiger partial charge >= 0.3 is 0 Å². The normalized spacial score (nSPS) is 14.1. The van der Waals surface area contributed by atoms with Gasteiger partial charge in [-0.3, -0.25) is 14.8 Å². The molecule has 7 heteroatoms. The zero-order valence-electron chi connectivity index (χ0n) is 12.4. The molecule has 0 fully saturated rings. The average molecular weight is 332 g/mol. The number of nitrogens with one attached hydrogen (secondary N) is 1. The first kappa shape index (κ1) is 15.5. The van der Waals surface area contributed by atoms with Gasteiger partial charge < -0.3 is 0 Å². The van der Waals surface area contributed by atoms with Gasteiger partial charge in [0.1, 0.15) is 0 Å². The molecule has 0 atom stereocenters. The van der Waals surface area contributed by atoms with Crippen molar-refractivity contribution in [2.24, 2.45) is 0 Å². The van der Waals surface area contributed by atoms with E-state index in [1.54, 1.807) is 6.07 Å². The second kappa shape index (κ2) is 6.00. The molecule has 0 spiro atoms. The standard InChI is InChI=1S/C16H16N2O4S/c19-18(20)13-7-4-8-14(11-13)23(21,22)17-16-10-3-6-12-5-1-2-9-15(12)16/h3-4,6-8,10-11,17H,1-2,5,9H2. The van der Waals surface area contributed by atoms with Gasteiger partial charge in [-0.25, -0.2) is 8.42 Å². The minimum atomic E-state index is -3.86. The first-order valence-corrected chi connectivity index (χ1v) is 8.84. The Morgan fingerprint density at radius 3 is 2.57 bits per heavy atom. The zero-order valence-corrected chi connectivity index (χ0v) is 13.2. The first-order chi connectivity index (χ1) is 11.0. The molecule has 0 radical (unpaired) electrons. The predicted molar refractivity (Wildman–Crippen MR) is 87.0 cm³/mol. The monoisotopic (exact) mass is 332 g/mol. The van der Waals surface area contributed by atoms with Gasteiger partial charge in [0.05, 0.1) is 15.5 Å². The van der Waals surface area contributed by atoms with Crippen molar-refractivity contribution in [1.29, 1.82) is 0 Å². The zero-order chi connectivity index (χ0) is 16.4. The fraction of sp³-hybridized carbons (Fsp3) is 0.250. The second-order valence-electron chi connectivity index (χ2n) is 5.51. The van der Waals surface area contributed by atoms with E-state index in [2.05, 4.69) is 4.72 Å². The molecule has 0 bridgehead atoms. The number of aryl methyl sites for hydroxylation is 1. The van der Waals surface area contributed by atoms with Crippen LogP contribution in [0.15, 0.2) is 47.4 Å². The van der Waals surface area contributed by atoms with E-state index >= 15 is 0 Å². The third-order valence-corrected chi connectivity index (χ3v) is 5.34. The van der Waals surface area contributed by atoms with Gasteiger partial charge in [0.15, 0.2) is 0 Å². The second-order valence-corrected chi connectivity index (χ2v) is 7.19. The summed E-state index contributed by atoms with van der Waals surface area (Å²) in [6.45, 7) is 0. The molecule has 0 heterocycles. The Labute approximate surface area is 134 Å². The maximum atomic E-state index is 12.5. The maximum Gasteiger partial charge on any atom is 0.270 e. The van der Waals surface area contributed by atoms with Gasteiger partial charge in [-0.05, 0) is 48.9 Å². The summed E-state index contributed by atoms with van der Waals surface area (Å²) in [6.07, 6.45) is 3.92. The molecular weight excluding hydrogens is 316 g/mol. The summed E-state index contributed by atoms with van der Waals surface area (Å²) in [5, 5.41) is 10.8. The SMILES string of the molecule is O=[N+]([O-])c1cccc(S(=O)(=O)Nc2cccc3c2CCCC3)c1. The minimum Gasteiger partial charge on any atom is -0.279 e. The molecule has 2 aromatic rings. The van der Waals surface area contributed by atoms with E-state index in [0.29, 0.717) is 5.69 Å². The largest absolute Gasteiger partial charge is 0.279 e. The summed E-state index contributed by atoms with van der Waals surface area (Å²) in [4.78, 5) is 10.1. The van der Waals surface area contributed by atoms with Crippen molar-refractivity contribution in [3.05, 3.63) is 63.7 Å². The lowest BCUT2D eigenvalue weighted by atomic mass is 9.91. The summed E-state index contributed by atoms with van der Waals surface area (Å²) in [5.74, 6) is 0. The van der Waals surface area contributed by atoms with Crippen LogP contribution in [0.3, 0.4) is 0 Å². The number of nitro groups is 1. The molecule has 0 unspecified atom stereocenters. The van der Waals surface area contributed by atoms with Crippen LogP contribution < -0.4 is 4.72 Å². The van der Waals surface area contributed by atoms with E-state index in [1.807, 2.05) is 12.1 Å². The highest BCUT2D eigenvalue weighted by Gasteiger charge is 2.20. The molecule has 1 aliphatic carbocycles. The number of anilines is 1. The smallest absolute Gasteiger partial charge is 0.270 e. The molecule has 3 rings (SSSR count). The highest BCUT2D eigenvalue weighted by Crippen LogP contribution is 2.29. The molecule has 0 aliphatic heterocycles. The molecule has 23 heavy (non-hydrogen) atoms. The fourth-order valence-electron chi connectivity index (χ4n) is 2.84. The molecular formula is C16H16N2O4S. The molecule has 2 aromatic carbocycles. The highest BCUT2D eigenvalue weighted by atomic mass is 32.2. The van der Waals surface area contributed by atoms with E-state index in [4.69, 9.17) is 0 Å². The number of nitrogens with zero attached hydrogens (tertiary/aromatic N) is 1. The lowest BCUT2D eigenvalue weighted by molar-refractivity contribution is -0.385. The third-order valence-electron chi connectivity index (χ3n) is 3.98. The quantitative estimate of drug-likeness (QED) is 0.687. The third kappa shape index (κ3) is 3.19. The lowest BCUT2D eigenvalue weighted by Gasteiger charge is -2.20. The number of hydrogen-bond acceptors (Lipinski definition) is 4. The number of rotatable bonds is 4. The Bertz CT molecular complexity index is 862. The van der Waals surface area contributed by atoms with Crippen LogP contribution in [0.5, 0.6) is 0 Å². The summed E-state index contributed by atoms with van der Waals surface area (Å²) < 4.78 is 27.6. The van der Waals surface area contributed by atoms with Gasteiger partial charge in [0, 0.05) is 12.1 Å². The van der Waals surface area contributed by atoms with E-state index in [0.717, 1.165) is 42.9 Å². The van der Waals surface area contributed by atoms with Gasteiger partial charge in [0.25, 0.3) is 15.7 Å². The van der Waals surface area contributed by atoms with E-state index in [9.17, 15) is 18.5 Å². The topological polar surface area (TPSA) is 89.3 Å². The Morgan fingerprint density at radius 2 is 1.78 bits per heavy atom. The van der Waals surface area contributed by atoms with Crippen LogP contribution in [0.25, 0.3) is 0 Å². The molecule has 0 saturated carbocycles. The van der Waals surface area contributed by atoms with Crippen molar-refractivity contribution < 1.29 is 13.3 Å². The number of non-ortho nitro benzene ring substituents is 1. The Kier molecular flexibility index (Phi) is 4.04. The maximum absolute atomic E-state index is 12.5. The number of fused-ring (bicyclic) bond motifs is 1. The van der Waals surface area contributed by atoms with Gasteiger partial charge in [-0.2, -0.15) is 0 Å². The molecule has 1 N–H and O–H groups in total. The molecule has 0 aromatic heterocycles. The van der Waals surface area contributed by atoms with Crippen LogP contribution in [0, 0.1) is 10.1 Å². The molecule has 0 amide bonds. The summed E-state index contributed by atoms with van der Waals surface area (Å²) in [5.41, 5.74) is 2.50. The van der Waals surface area contributed by atoms with E-state index < -0.39 is 14.9 Å². The minimum absolute atomic E-state index is 0.111. The summed E-state index contributed by atoms with van der Waals surface area (Å²) in [6, 6.07) is 10.6. The van der Waals surface area contributed by atoms with Gasteiger partial charge in [-0.15, -0.1) is 0 Å². The van der Waals surface area contributed by atoms with E-state index in [-0.39, 0.29) is 10.6 Å².